The van der Waals surface area contributed by atoms with E-state index in [0.717, 1.165) is 18.8 Å². The highest BCUT2D eigenvalue weighted by Gasteiger charge is 2.19. The fraction of sp³-hybridized carbons (Fsp3) is 0.304. The summed E-state index contributed by atoms with van der Waals surface area (Å²) in [5, 5.41) is 15.3. The Morgan fingerprint density at radius 1 is 1.14 bits per heavy atom. The number of para-hydroxylation sites is 1. The van der Waals surface area contributed by atoms with E-state index in [1.54, 1.807) is 25.3 Å². The second kappa shape index (κ2) is 11.7. The van der Waals surface area contributed by atoms with Gasteiger partial charge in [-0.25, -0.2) is 18.1 Å². The summed E-state index contributed by atoms with van der Waals surface area (Å²) in [6.07, 6.45) is 1.41. The van der Waals surface area contributed by atoms with Crippen molar-refractivity contribution in [1.82, 2.24) is 14.7 Å². The lowest BCUT2D eigenvalue weighted by molar-refractivity contribution is 0.122. The Morgan fingerprint density at radius 2 is 1.92 bits per heavy atom. The number of aromatic nitrogens is 2. The van der Waals surface area contributed by atoms with Crippen LogP contribution in [0, 0.1) is 0 Å². The number of anilines is 5. The van der Waals surface area contributed by atoms with Gasteiger partial charge in [-0.15, -0.1) is 0 Å². The SMILES string of the molecule is COc1cc(N2CCOCC2)ccc1Nc1ncc(Cl)c(Nc2ccccc2S(=O)(=O)NCCO)n1. The first-order valence-corrected chi connectivity index (χ1v) is 13.0. The number of hydrogen-bond donors (Lipinski definition) is 4. The van der Waals surface area contributed by atoms with Gasteiger partial charge in [-0.3, -0.25) is 0 Å². The van der Waals surface area contributed by atoms with E-state index in [2.05, 4.69) is 30.2 Å². The molecule has 11 nitrogen and oxygen atoms in total. The highest BCUT2D eigenvalue weighted by molar-refractivity contribution is 7.89. The van der Waals surface area contributed by atoms with Crippen molar-refractivity contribution in [3.8, 4) is 5.75 Å². The molecule has 0 aliphatic carbocycles. The molecule has 4 N–H and O–H groups in total. The summed E-state index contributed by atoms with van der Waals surface area (Å²) in [7, 11) is -2.29. The van der Waals surface area contributed by atoms with Crippen molar-refractivity contribution in [2.45, 2.75) is 4.90 Å². The Morgan fingerprint density at radius 3 is 2.67 bits per heavy atom. The van der Waals surface area contributed by atoms with Crippen molar-refractivity contribution in [3.05, 3.63) is 53.7 Å². The number of ether oxygens (including phenoxy) is 2. The van der Waals surface area contributed by atoms with Crippen LogP contribution in [0.3, 0.4) is 0 Å². The van der Waals surface area contributed by atoms with E-state index in [4.69, 9.17) is 26.2 Å². The first-order valence-electron chi connectivity index (χ1n) is 11.2. The summed E-state index contributed by atoms with van der Waals surface area (Å²) in [4.78, 5) is 10.9. The number of nitrogens with one attached hydrogen (secondary N) is 3. The zero-order valence-electron chi connectivity index (χ0n) is 19.6. The largest absolute Gasteiger partial charge is 0.494 e. The van der Waals surface area contributed by atoms with Gasteiger partial charge in [0, 0.05) is 31.4 Å². The molecule has 1 aliphatic heterocycles. The van der Waals surface area contributed by atoms with Crippen molar-refractivity contribution < 1.29 is 23.0 Å². The molecule has 1 aromatic heterocycles. The number of aliphatic hydroxyl groups excluding tert-OH is 1. The molecule has 0 unspecified atom stereocenters. The number of morpholine rings is 1. The Hall–Kier alpha value is -3.16. The zero-order valence-corrected chi connectivity index (χ0v) is 21.1. The van der Waals surface area contributed by atoms with Crippen molar-refractivity contribution in [2.24, 2.45) is 0 Å². The van der Waals surface area contributed by atoms with Crippen LogP contribution in [0.25, 0.3) is 0 Å². The van der Waals surface area contributed by atoms with Gasteiger partial charge in [0.2, 0.25) is 16.0 Å². The molecule has 36 heavy (non-hydrogen) atoms. The van der Waals surface area contributed by atoms with Gasteiger partial charge in [-0.05, 0) is 24.3 Å². The standard InChI is InChI=1S/C23H27ClN6O5S/c1-34-20-14-16(30-9-12-35-13-10-30)6-7-18(20)28-23-25-15-17(24)22(29-23)27-19-4-2-3-5-21(19)36(32,33)26-8-11-31/h2-7,14-15,26,31H,8-13H2,1H3,(H2,25,27,28,29). The molecule has 0 atom stereocenters. The van der Waals surface area contributed by atoms with E-state index in [1.165, 1.54) is 12.3 Å². The van der Waals surface area contributed by atoms with Crippen LogP contribution < -0.4 is 25.0 Å². The lowest BCUT2D eigenvalue weighted by Crippen LogP contribution is -2.36. The molecule has 0 spiro atoms. The maximum Gasteiger partial charge on any atom is 0.242 e. The first-order chi connectivity index (χ1) is 17.4. The number of hydrogen-bond acceptors (Lipinski definition) is 10. The van der Waals surface area contributed by atoms with Crippen molar-refractivity contribution in [1.29, 1.82) is 0 Å². The molecule has 13 heteroatoms. The van der Waals surface area contributed by atoms with E-state index < -0.39 is 10.0 Å². The summed E-state index contributed by atoms with van der Waals surface area (Å²) in [6, 6.07) is 12.1. The number of halogens is 1. The molecule has 1 aliphatic rings. The Kier molecular flexibility index (Phi) is 8.44. The number of aliphatic hydroxyl groups is 1. The van der Waals surface area contributed by atoms with Crippen molar-refractivity contribution >= 4 is 50.5 Å². The van der Waals surface area contributed by atoms with Crippen molar-refractivity contribution in [2.75, 3.05) is 62.1 Å². The molecule has 3 aromatic rings. The van der Waals surface area contributed by atoms with Gasteiger partial charge in [0.25, 0.3) is 0 Å². The number of benzene rings is 2. The van der Waals surface area contributed by atoms with E-state index in [0.29, 0.717) is 24.7 Å². The molecular formula is C23H27ClN6O5S. The van der Waals surface area contributed by atoms with Gasteiger partial charge in [0.1, 0.15) is 15.7 Å². The minimum absolute atomic E-state index is 0.0111. The van der Waals surface area contributed by atoms with Crippen LogP contribution in [0.15, 0.2) is 53.6 Å². The minimum Gasteiger partial charge on any atom is -0.494 e. The topological polar surface area (TPSA) is 138 Å². The third-order valence-electron chi connectivity index (χ3n) is 5.39. The number of rotatable bonds is 10. The maximum absolute atomic E-state index is 12.6. The maximum atomic E-state index is 12.6. The Bertz CT molecular complexity index is 1300. The molecule has 4 rings (SSSR count). The van der Waals surface area contributed by atoms with Gasteiger partial charge in [0.05, 0.1) is 44.5 Å². The number of sulfonamides is 1. The first kappa shape index (κ1) is 25.9. The number of nitrogens with zero attached hydrogens (tertiary/aromatic N) is 3. The lowest BCUT2D eigenvalue weighted by atomic mass is 10.2. The molecule has 1 saturated heterocycles. The average molecular weight is 535 g/mol. The van der Waals surface area contributed by atoms with Gasteiger partial charge >= 0.3 is 0 Å². The Balaban J connectivity index is 1.57. The van der Waals surface area contributed by atoms with E-state index in [1.807, 2.05) is 18.2 Å². The van der Waals surface area contributed by atoms with Gasteiger partial charge in [-0.2, -0.15) is 4.98 Å². The van der Waals surface area contributed by atoms with Crippen LogP contribution in [0.2, 0.25) is 5.02 Å². The molecule has 0 saturated carbocycles. The van der Waals surface area contributed by atoms with Gasteiger partial charge in [0.15, 0.2) is 5.82 Å². The van der Waals surface area contributed by atoms with Crippen LogP contribution in [0.4, 0.5) is 28.8 Å². The normalized spacial score (nSPS) is 13.9. The molecule has 0 amide bonds. The van der Waals surface area contributed by atoms with E-state index in [-0.39, 0.29) is 40.5 Å². The smallest absolute Gasteiger partial charge is 0.242 e. The summed E-state index contributed by atoms with van der Waals surface area (Å²) >= 11 is 6.31. The van der Waals surface area contributed by atoms with Crippen LogP contribution in [0.1, 0.15) is 0 Å². The third-order valence-corrected chi connectivity index (χ3v) is 7.18. The molecule has 0 bridgehead atoms. The molecule has 192 valence electrons. The average Bonchev–Trinajstić information content (AvgIpc) is 2.90. The summed E-state index contributed by atoms with van der Waals surface area (Å²) < 4.78 is 38.6. The quantitative estimate of drug-likeness (QED) is 0.307. The summed E-state index contributed by atoms with van der Waals surface area (Å²) in [5.74, 6) is 1.05. The van der Waals surface area contributed by atoms with Gasteiger partial charge < -0.3 is 30.1 Å². The van der Waals surface area contributed by atoms with E-state index in [9.17, 15) is 8.42 Å². The predicted molar refractivity (Wildman–Crippen MR) is 138 cm³/mol. The molecule has 2 aromatic carbocycles. The van der Waals surface area contributed by atoms with Crippen LogP contribution in [-0.2, 0) is 14.8 Å². The lowest BCUT2D eigenvalue weighted by Gasteiger charge is -2.29. The van der Waals surface area contributed by atoms with Crippen LogP contribution in [-0.4, -0.2) is 70.1 Å². The monoisotopic (exact) mass is 534 g/mol. The second-order valence-corrected chi connectivity index (χ2v) is 9.88. The third kappa shape index (κ3) is 6.15. The minimum atomic E-state index is -3.87. The fourth-order valence-corrected chi connectivity index (χ4v) is 4.95. The second-order valence-electron chi connectivity index (χ2n) is 7.74. The molecule has 2 heterocycles. The highest BCUT2D eigenvalue weighted by atomic mass is 35.5. The molecular weight excluding hydrogens is 508 g/mol. The zero-order chi connectivity index (χ0) is 25.5. The van der Waals surface area contributed by atoms with Crippen molar-refractivity contribution in [3.63, 3.8) is 0 Å². The van der Waals surface area contributed by atoms with Gasteiger partial charge in [-0.1, -0.05) is 23.7 Å². The fourth-order valence-electron chi connectivity index (χ4n) is 3.63. The van der Waals surface area contributed by atoms with Crippen LogP contribution >= 0.6 is 11.6 Å². The van der Waals surface area contributed by atoms with Crippen LogP contribution in [0.5, 0.6) is 5.75 Å². The number of methoxy groups -OCH3 is 1. The summed E-state index contributed by atoms with van der Waals surface area (Å²) in [6.45, 7) is 2.54. The highest BCUT2D eigenvalue weighted by Crippen LogP contribution is 2.33. The Labute approximate surface area is 214 Å². The van der Waals surface area contributed by atoms with E-state index >= 15 is 0 Å². The predicted octanol–water partition coefficient (Wildman–Crippen LogP) is 2.73. The summed E-state index contributed by atoms with van der Waals surface area (Å²) in [5.41, 5.74) is 1.94. The molecule has 1 fully saturated rings. The molecule has 0 radical (unpaired) electrons.